The van der Waals surface area contributed by atoms with Crippen LogP contribution in [0.15, 0.2) is 0 Å². The molecule has 19 heavy (non-hydrogen) atoms. The number of nitrogens with one attached hydrogen (secondary N) is 1. The topological polar surface area (TPSA) is 67.9 Å². The Bertz CT molecular complexity index is 331. The number of esters is 1. The van der Waals surface area contributed by atoms with Crippen molar-refractivity contribution in [1.29, 1.82) is 0 Å². The minimum Gasteiger partial charge on any atom is -0.467 e. The fraction of sp³-hybridized carbons (Fsp3) is 0.846. The van der Waals surface area contributed by atoms with Crippen molar-refractivity contribution >= 4 is 11.9 Å². The number of amides is 1. The van der Waals surface area contributed by atoms with Crippen LogP contribution >= 0.6 is 0 Å². The van der Waals surface area contributed by atoms with Crippen LogP contribution < -0.4 is 5.32 Å². The van der Waals surface area contributed by atoms with E-state index in [1.54, 1.807) is 0 Å². The van der Waals surface area contributed by atoms with Gasteiger partial charge >= 0.3 is 5.97 Å². The van der Waals surface area contributed by atoms with Crippen molar-refractivity contribution in [2.75, 3.05) is 33.4 Å². The molecule has 1 aliphatic heterocycles. The molecule has 0 radical (unpaired) electrons. The van der Waals surface area contributed by atoms with Gasteiger partial charge in [-0.1, -0.05) is 6.92 Å². The highest BCUT2D eigenvalue weighted by Gasteiger charge is 2.29. The molecule has 110 valence electrons. The first-order chi connectivity index (χ1) is 8.88. The lowest BCUT2D eigenvalue weighted by atomic mass is 10.0. The molecule has 1 N–H and O–H groups in total. The van der Waals surface area contributed by atoms with Gasteiger partial charge in [-0.3, -0.25) is 9.69 Å². The van der Waals surface area contributed by atoms with Gasteiger partial charge in [-0.05, 0) is 20.3 Å². The minimum atomic E-state index is -0.592. The van der Waals surface area contributed by atoms with Crippen LogP contribution in [-0.2, 0) is 19.1 Å². The molecule has 0 saturated carbocycles. The van der Waals surface area contributed by atoms with Crippen LogP contribution in [0.4, 0.5) is 0 Å². The van der Waals surface area contributed by atoms with E-state index in [1.165, 1.54) is 7.11 Å². The zero-order chi connectivity index (χ0) is 14.5. The molecule has 1 unspecified atom stereocenters. The van der Waals surface area contributed by atoms with Crippen molar-refractivity contribution in [3.8, 4) is 0 Å². The van der Waals surface area contributed by atoms with Crippen molar-refractivity contribution in [1.82, 2.24) is 10.2 Å². The second kappa shape index (κ2) is 6.86. The highest BCUT2D eigenvalue weighted by molar-refractivity contribution is 5.79. The van der Waals surface area contributed by atoms with Gasteiger partial charge in [0.05, 0.1) is 20.3 Å². The summed E-state index contributed by atoms with van der Waals surface area (Å²) in [6, 6.07) is 0. The predicted octanol–water partition coefficient (Wildman–Crippen LogP) is 0.165. The number of methoxy groups -OCH3 is 1. The van der Waals surface area contributed by atoms with Crippen molar-refractivity contribution in [3.63, 3.8) is 0 Å². The lowest BCUT2D eigenvalue weighted by molar-refractivity contribution is -0.160. The first-order valence-corrected chi connectivity index (χ1v) is 6.60. The molecule has 6 heteroatoms. The lowest BCUT2D eigenvalue weighted by Crippen LogP contribution is -2.52. The van der Waals surface area contributed by atoms with Crippen LogP contribution in [0.2, 0.25) is 0 Å². The standard InChI is InChI=1S/C13H24N2O4/c1-5-13(2,3)14-11(16)9-15-6-7-19-10(8-15)12(17)18-4/h10H,5-9H2,1-4H3,(H,14,16). The van der Waals surface area contributed by atoms with Gasteiger partial charge in [-0.2, -0.15) is 0 Å². The zero-order valence-electron chi connectivity index (χ0n) is 12.2. The third kappa shape index (κ3) is 5.16. The van der Waals surface area contributed by atoms with Crippen molar-refractivity contribution < 1.29 is 19.1 Å². The average molecular weight is 272 g/mol. The summed E-state index contributed by atoms with van der Waals surface area (Å²) < 4.78 is 9.97. The van der Waals surface area contributed by atoms with E-state index in [4.69, 9.17) is 4.74 Å². The zero-order valence-corrected chi connectivity index (χ0v) is 12.2. The van der Waals surface area contributed by atoms with E-state index < -0.39 is 6.10 Å². The Morgan fingerprint density at radius 3 is 2.74 bits per heavy atom. The van der Waals surface area contributed by atoms with Gasteiger partial charge in [0.15, 0.2) is 6.10 Å². The summed E-state index contributed by atoms with van der Waals surface area (Å²) >= 11 is 0. The lowest BCUT2D eigenvalue weighted by Gasteiger charge is -2.32. The average Bonchev–Trinajstić information content (AvgIpc) is 2.37. The summed E-state index contributed by atoms with van der Waals surface area (Å²) in [5, 5.41) is 2.97. The summed E-state index contributed by atoms with van der Waals surface area (Å²) in [6.45, 7) is 7.76. The highest BCUT2D eigenvalue weighted by atomic mass is 16.6. The second-order valence-corrected chi connectivity index (χ2v) is 5.40. The van der Waals surface area contributed by atoms with E-state index in [0.29, 0.717) is 19.7 Å². The van der Waals surface area contributed by atoms with Gasteiger partial charge in [-0.25, -0.2) is 4.79 Å². The maximum Gasteiger partial charge on any atom is 0.336 e. The Hall–Kier alpha value is -1.14. The molecule has 1 amide bonds. The number of nitrogens with zero attached hydrogens (tertiary/aromatic N) is 1. The molecule has 0 spiro atoms. The second-order valence-electron chi connectivity index (χ2n) is 5.40. The molecule has 1 aliphatic rings. The molecule has 0 aromatic rings. The molecule has 0 aliphatic carbocycles. The van der Waals surface area contributed by atoms with E-state index in [9.17, 15) is 9.59 Å². The van der Waals surface area contributed by atoms with Crippen molar-refractivity contribution in [2.24, 2.45) is 0 Å². The third-order valence-electron chi connectivity index (χ3n) is 3.34. The maximum absolute atomic E-state index is 11.9. The number of carbonyl (C=O) groups is 2. The van der Waals surface area contributed by atoms with E-state index >= 15 is 0 Å². The molecule has 1 rings (SSSR count). The van der Waals surface area contributed by atoms with Crippen LogP contribution in [-0.4, -0.2) is 61.8 Å². The molecule has 0 aromatic carbocycles. The molecule has 1 saturated heterocycles. The van der Waals surface area contributed by atoms with E-state index in [0.717, 1.165) is 6.42 Å². The number of rotatable bonds is 5. The first kappa shape index (κ1) is 15.9. The van der Waals surface area contributed by atoms with Crippen LogP contribution in [0, 0.1) is 0 Å². The molecular weight excluding hydrogens is 248 g/mol. The summed E-state index contributed by atoms with van der Waals surface area (Å²) in [4.78, 5) is 25.2. The normalized spacial score (nSPS) is 20.9. The SMILES string of the molecule is CCC(C)(C)NC(=O)CN1CCOC(C(=O)OC)C1. The fourth-order valence-electron chi connectivity index (χ4n) is 1.83. The third-order valence-corrected chi connectivity index (χ3v) is 3.34. The Morgan fingerprint density at radius 1 is 1.47 bits per heavy atom. The van der Waals surface area contributed by atoms with E-state index in [2.05, 4.69) is 10.1 Å². The Morgan fingerprint density at radius 2 is 2.16 bits per heavy atom. The summed E-state index contributed by atoms with van der Waals surface area (Å²) in [5.41, 5.74) is -0.203. The predicted molar refractivity (Wildman–Crippen MR) is 70.7 cm³/mol. The quantitative estimate of drug-likeness (QED) is 0.722. The first-order valence-electron chi connectivity index (χ1n) is 6.60. The van der Waals surface area contributed by atoms with Gasteiger partial charge in [0.1, 0.15) is 0 Å². The van der Waals surface area contributed by atoms with E-state index in [1.807, 2.05) is 25.7 Å². The Kier molecular flexibility index (Phi) is 5.75. The maximum atomic E-state index is 11.9. The molecule has 0 bridgehead atoms. The van der Waals surface area contributed by atoms with E-state index in [-0.39, 0.29) is 24.0 Å². The van der Waals surface area contributed by atoms with Gasteiger partial charge in [0.2, 0.25) is 5.91 Å². The number of hydrogen-bond donors (Lipinski definition) is 1. The van der Waals surface area contributed by atoms with Gasteiger partial charge < -0.3 is 14.8 Å². The number of morpholine rings is 1. The molecule has 1 atom stereocenters. The molecule has 0 aromatic heterocycles. The Labute approximate surface area is 114 Å². The minimum absolute atomic E-state index is 0.0302. The van der Waals surface area contributed by atoms with Gasteiger partial charge in [0.25, 0.3) is 0 Å². The van der Waals surface area contributed by atoms with Crippen LogP contribution in [0.25, 0.3) is 0 Å². The van der Waals surface area contributed by atoms with Crippen LogP contribution in [0.1, 0.15) is 27.2 Å². The van der Waals surface area contributed by atoms with Crippen molar-refractivity contribution in [3.05, 3.63) is 0 Å². The van der Waals surface area contributed by atoms with Gasteiger partial charge in [0, 0.05) is 18.6 Å². The fourth-order valence-corrected chi connectivity index (χ4v) is 1.83. The van der Waals surface area contributed by atoms with Crippen LogP contribution in [0.5, 0.6) is 0 Å². The number of hydrogen-bond acceptors (Lipinski definition) is 5. The number of carbonyl (C=O) groups excluding carboxylic acids is 2. The van der Waals surface area contributed by atoms with Gasteiger partial charge in [-0.15, -0.1) is 0 Å². The largest absolute Gasteiger partial charge is 0.467 e. The Balaban J connectivity index is 2.44. The van der Waals surface area contributed by atoms with Crippen molar-refractivity contribution in [2.45, 2.75) is 38.8 Å². The molecule has 6 nitrogen and oxygen atoms in total. The summed E-state index contributed by atoms with van der Waals surface area (Å²) in [6.07, 6.45) is 0.276. The highest BCUT2D eigenvalue weighted by Crippen LogP contribution is 2.09. The summed E-state index contributed by atoms with van der Waals surface area (Å²) in [7, 11) is 1.33. The molecular formula is C13H24N2O4. The number of ether oxygens (including phenoxy) is 2. The smallest absolute Gasteiger partial charge is 0.336 e. The van der Waals surface area contributed by atoms with Crippen LogP contribution in [0.3, 0.4) is 0 Å². The summed E-state index contributed by atoms with van der Waals surface area (Å²) in [5.74, 6) is -0.420. The molecule has 1 heterocycles. The molecule has 1 fully saturated rings. The monoisotopic (exact) mass is 272 g/mol.